The van der Waals surface area contributed by atoms with Crippen LogP contribution in [0.3, 0.4) is 0 Å². The van der Waals surface area contributed by atoms with E-state index < -0.39 is 0 Å². The molecule has 0 atom stereocenters. The molecule has 0 aromatic heterocycles. The fourth-order valence-corrected chi connectivity index (χ4v) is 0.796. The van der Waals surface area contributed by atoms with Crippen molar-refractivity contribution < 1.29 is 9.47 Å². The Morgan fingerprint density at radius 1 is 1.25 bits per heavy atom. The van der Waals surface area contributed by atoms with E-state index in [1.54, 1.807) is 6.26 Å². The van der Waals surface area contributed by atoms with Gasteiger partial charge in [-0.15, -0.1) is 0 Å². The zero-order valence-corrected chi connectivity index (χ0v) is 7.03. The maximum Gasteiger partial charge on any atom is 0.176 e. The molecule has 0 bridgehead atoms. The van der Waals surface area contributed by atoms with Gasteiger partial charge in [0.25, 0.3) is 0 Å². The SMILES string of the molecule is C1=COC=NC1.C1COCCN1. The summed E-state index contributed by atoms with van der Waals surface area (Å²) in [7, 11) is 0. The molecule has 0 unspecified atom stereocenters. The third-order valence-electron chi connectivity index (χ3n) is 1.37. The summed E-state index contributed by atoms with van der Waals surface area (Å²) in [4.78, 5) is 3.74. The summed E-state index contributed by atoms with van der Waals surface area (Å²) in [6, 6.07) is 0. The van der Waals surface area contributed by atoms with Crippen LogP contribution in [0, 0.1) is 0 Å². The molecule has 1 fully saturated rings. The van der Waals surface area contributed by atoms with Gasteiger partial charge >= 0.3 is 0 Å². The predicted molar refractivity (Wildman–Crippen MR) is 47.3 cm³/mol. The molecule has 0 amide bonds. The van der Waals surface area contributed by atoms with Crippen LogP contribution in [-0.2, 0) is 9.47 Å². The van der Waals surface area contributed by atoms with Gasteiger partial charge in [-0.25, -0.2) is 0 Å². The molecular formula is C8H14N2O2. The van der Waals surface area contributed by atoms with Gasteiger partial charge in [-0.2, -0.15) is 0 Å². The lowest BCUT2D eigenvalue weighted by Gasteiger charge is -2.10. The van der Waals surface area contributed by atoms with Crippen LogP contribution in [0.25, 0.3) is 0 Å². The fraction of sp³-hybridized carbons (Fsp3) is 0.625. The van der Waals surface area contributed by atoms with Crippen molar-refractivity contribution in [3.05, 3.63) is 12.3 Å². The third kappa shape index (κ3) is 4.87. The smallest absolute Gasteiger partial charge is 0.176 e. The van der Waals surface area contributed by atoms with Crippen LogP contribution in [0.1, 0.15) is 0 Å². The molecule has 2 rings (SSSR count). The van der Waals surface area contributed by atoms with Gasteiger partial charge in [0.1, 0.15) is 0 Å². The number of rotatable bonds is 0. The molecule has 1 saturated heterocycles. The van der Waals surface area contributed by atoms with Crippen molar-refractivity contribution in [2.75, 3.05) is 32.8 Å². The van der Waals surface area contributed by atoms with Gasteiger partial charge in [0.2, 0.25) is 0 Å². The lowest BCUT2D eigenvalue weighted by molar-refractivity contribution is 0.109. The highest BCUT2D eigenvalue weighted by Crippen LogP contribution is 1.81. The summed E-state index contributed by atoms with van der Waals surface area (Å²) in [5, 5.41) is 3.16. The van der Waals surface area contributed by atoms with E-state index >= 15 is 0 Å². The summed E-state index contributed by atoms with van der Waals surface area (Å²) in [5.74, 6) is 0. The minimum Gasteiger partial charge on any atom is -0.454 e. The first-order chi connectivity index (χ1) is 6.00. The van der Waals surface area contributed by atoms with Crippen molar-refractivity contribution in [3.8, 4) is 0 Å². The standard InChI is InChI=1S/C4H9NO.C4H5NO/c1-3-6-4-2-5-1;1-2-5-4-6-3-1/h5H,1-4H2;1,3-4H,2H2. The molecule has 4 nitrogen and oxygen atoms in total. The summed E-state index contributed by atoms with van der Waals surface area (Å²) in [5.41, 5.74) is 0. The van der Waals surface area contributed by atoms with Gasteiger partial charge < -0.3 is 14.8 Å². The highest BCUT2D eigenvalue weighted by molar-refractivity contribution is 5.48. The Labute approximate surface area is 72.3 Å². The van der Waals surface area contributed by atoms with Crippen LogP contribution >= 0.6 is 0 Å². The zero-order valence-electron chi connectivity index (χ0n) is 7.03. The second kappa shape index (κ2) is 6.82. The van der Waals surface area contributed by atoms with Gasteiger partial charge in [-0.05, 0) is 6.08 Å². The lowest BCUT2D eigenvalue weighted by Crippen LogP contribution is -2.30. The molecule has 0 saturated carbocycles. The number of morpholine rings is 1. The quantitative estimate of drug-likeness (QED) is 0.563. The molecule has 12 heavy (non-hydrogen) atoms. The van der Waals surface area contributed by atoms with Crippen molar-refractivity contribution in [3.63, 3.8) is 0 Å². The first-order valence-corrected chi connectivity index (χ1v) is 4.07. The molecule has 0 aromatic carbocycles. The molecule has 68 valence electrons. The number of ether oxygens (including phenoxy) is 2. The molecule has 1 N–H and O–H groups in total. The van der Waals surface area contributed by atoms with Gasteiger partial charge in [-0.1, -0.05) is 0 Å². The minimum absolute atomic E-state index is 0.764. The molecule has 0 spiro atoms. The Morgan fingerprint density at radius 3 is 2.25 bits per heavy atom. The molecule has 2 aliphatic heterocycles. The van der Waals surface area contributed by atoms with Crippen LogP contribution < -0.4 is 5.32 Å². The van der Waals surface area contributed by atoms with Crippen LogP contribution in [0.2, 0.25) is 0 Å². The van der Waals surface area contributed by atoms with E-state index in [1.165, 1.54) is 6.40 Å². The number of nitrogens with one attached hydrogen (secondary N) is 1. The number of aliphatic imine (C=N–C) groups is 1. The normalized spacial score (nSPS) is 20.7. The Hall–Kier alpha value is -0.870. The maximum absolute atomic E-state index is 5.01. The van der Waals surface area contributed by atoms with Crippen LogP contribution in [0.15, 0.2) is 17.3 Å². The molecule has 0 aliphatic carbocycles. The van der Waals surface area contributed by atoms with Crippen molar-refractivity contribution in [1.29, 1.82) is 0 Å². The number of nitrogens with zero attached hydrogens (tertiary/aromatic N) is 1. The van der Waals surface area contributed by atoms with Crippen LogP contribution in [0.5, 0.6) is 0 Å². The second-order valence-corrected chi connectivity index (χ2v) is 2.34. The number of hydrogen-bond acceptors (Lipinski definition) is 4. The van der Waals surface area contributed by atoms with E-state index in [-0.39, 0.29) is 0 Å². The van der Waals surface area contributed by atoms with Crippen molar-refractivity contribution in [2.24, 2.45) is 4.99 Å². The van der Waals surface area contributed by atoms with E-state index in [0.717, 1.165) is 32.8 Å². The van der Waals surface area contributed by atoms with Crippen LogP contribution in [-0.4, -0.2) is 39.2 Å². The Kier molecular flexibility index (Phi) is 5.24. The van der Waals surface area contributed by atoms with E-state index in [9.17, 15) is 0 Å². The van der Waals surface area contributed by atoms with Crippen molar-refractivity contribution in [2.45, 2.75) is 0 Å². The minimum atomic E-state index is 0.764. The Morgan fingerprint density at radius 2 is 2.08 bits per heavy atom. The summed E-state index contributed by atoms with van der Waals surface area (Å²) < 4.78 is 9.60. The average Bonchev–Trinajstić information content (AvgIpc) is 2.24. The fourth-order valence-electron chi connectivity index (χ4n) is 0.796. The second-order valence-electron chi connectivity index (χ2n) is 2.34. The molecule has 0 radical (unpaired) electrons. The molecule has 2 aliphatic rings. The van der Waals surface area contributed by atoms with Crippen molar-refractivity contribution in [1.82, 2.24) is 5.32 Å². The lowest BCUT2D eigenvalue weighted by atomic mass is 10.5. The van der Waals surface area contributed by atoms with Gasteiger partial charge in [-0.3, -0.25) is 4.99 Å². The first-order valence-electron chi connectivity index (χ1n) is 4.07. The monoisotopic (exact) mass is 170 g/mol. The predicted octanol–water partition coefficient (Wildman–Crippen LogP) is 0.165. The highest BCUT2D eigenvalue weighted by Gasteiger charge is 1.92. The highest BCUT2D eigenvalue weighted by atomic mass is 16.5. The maximum atomic E-state index is 5.01. The van der Waals surface area contributed by atoms with E-state index in [2.05, 4.69) is 15.0 Å². The first kappa shape index (κ1) is 9.22. The van der Waals surface area contributed by atoms with Crippen molar-refractivity contribution >= 4 is 6.40 Å². The van der Waals surface area contributed by atoms with Gasteiger partial charge in [0, 0.05) is 13.1 Å². The molecule has 4 heteroatoms. The third-order valence-corrected chi connectivity index (χ3v) is 1.37. The largest absolute Gasteiger partial charge is 0.454 e. The Balaban J connectivity index is 0.000000120. The number of hydrogen-bond donors (Lipinski definition) is 1. The van der Waals surface area contributed by atoms with Gasteiger partial charge in [0.15, 0.2) is 6.40 Å². The van der Waals surface area contributed by atoms with Crippen LogP contribution in [0.4, 0.5) is 0 Å². The molecular weight excluding hydrogens is 156 g/mol. The summed E-state index contributed by atoms with van der Waals surface area (Å²) >= 11 is 0. The summed E-state index contributed by atoms with van der Waals surface area (Å²) in [6.07, 6.45) is 4.90. The molecule has 0 aromatic rings. The Bertz CT molecular complexity index is 122. The van der Waals surface area contributed by atoms with E-state index in [1.807, 2.05) is 6.08 Å². The topological polar surface area (TPSA) is 42.9 Å². The molecule has 2 heterocycles. The van der Waals surface area contributed by atoms with E-state index in [0.29, 0.717) is 0 Å². The van der Waals surface area contributed by atoms with E-state index in [4.69, 9.17) is 4.74 Å². The zero-order chi connectivity index (χ0) is 8.49. The average molecular weight is 170 g/mol. The van der Waals surface area contributed by atoms with Gasteiger partial charge in [0.05, 0.1) is 26.0 Å². The summed E-state index contributed by atoms with van der Waals surface area (Å²) in [6.45, 7) is 4.60.